The summed E-state index contributed by atoms with van der Waals surface area (Å²) in [7, 11) is 0. The first-order valence-corrected chi connectivity index (χ1v) is 7.13. The fourth-order valence-electron chi connectivity index (χ4n) is 1.01. The van der Waals surface area contributed by atoms with E-state index in [0.29, 0.717) is 12.0 Å². The summed E-state index contributed by atoms with van der Waals surface area (Å²) in [5.41, 5.74) is 0. The summed E-state index contributed by atoms with van der Waals surface area (Å²) in [6.45, 7) is 9.29. The second-order valence-corrected chi connectivity index (χ2v) is 3.98. The largest absolute Gasteiger partial charge is 0.392 e. The number of aliphatic hydroxyl groups is 1. The van der Waals surface area contributed by atoms with Crippen LogP contribution in [0.15, 0.2) is 0 Å². The van der Waals surface area contributed by atoms with Crippen molar-refractivity contribution in [3.63, 3.8) is 0 Å². The Hall–Kier alpha value is 0.210. The molecule has 1 aliphatic rings. The lowest BCUT2D eigenvalue weighted by atomic mass is 10.1. The molecule has 0 spiro atoms. The summed E-state index contributed by atoms with van der Waals surface area (Å²) in [6.07, 6.45) is 5.92. The van der Waals surface area contributed by atoms with E-state index in [9.17, 15) is 0 Å². The van der Waals surface area contributed by atoms with Crippen LogP contribution in [0.3, 0.4) is 0 Å². The molecule has 0 aromatic carbocycles. The van der Waals surface area contributed by atoms with Gasteiger partial charge in [0.15, 0.2) is 0 Å². The summed E-state index contributed by atoms with van der Waals surface area (Å²) < 4.78 is 4.86. The third-order valence-electron chi connectivity index (χ3n) is 2.18. The van der Waals surface area contributed by atoms with Gasteiger partial charge in [-0.05, 0) is 12.8 Å². The Morgan fingerprint density at radius 2 is 1.82 bits per heavy atom. The second kappa shape index (κ2) is 18.6. The highest BCUT2D eigenvalue weighted by molar-refractivity contribution is 6.18. The van der Waals surface area contributed by atoms with E-state index in [1.165, 1.54) is 19.3 Å². The number of unbranched alkanes of at least 4 members (excludes halogenated alkanes) is 2. The van der Waals surface area contributed by atoms with Gasteiger partial charge in [0.25, 0.3) is 0 Å². The Bertz CT molecular complexity index is 117. The van der Waals surface area contributed by atoms with Crippen molar-refractivity contribution in [3.8, 4) is 0 Å². The molecule has 108 valence electrons. The van der Waals surface area contributed by atoms with Crippen LogP contribution in [0.2, 0.25) is 0 Å². The molecule has 0 amide bonds. The highest BCUT2D eigenvalue weighted by atomic mass is 35.5. The van der Waals surface area contributed by atoms with Crippen molar-refractivity contribution >= 4 is 11.6 Å². The standard InChI is InChI=1S/C7H15ClO.C4H8O.C2H6.CH4/c1-2-3-4-5-7(9)6-8;1-2-4-3-5-4;1-2;/h7,9H,2-6H2,1H3;4H,2-3H2,1H3;1-2H3;1H4. The Morgan fingerprint density at radius 1 is 1.29 bits per heavy atom. The molecule has 1 saturated heterocycles. The second-order valence-electron chi connectivity index (χ2n) is 3.67. The van der Waals surface area contributed by atoms with E-state index in [4.69, 9.17) is 21.4 Å². The quantitative estimate of drug-likeness (QED) is 0.433. The van der Waals surface area contributed by atoms with Crippen molar-refractivity contribution in [1.82, 2.24) is 0 Å². The molecule has 1 fully saturated rings. The summed E-state index contributed by atoms with van der Waals surface area (Å²) in [5, 5.41) is 8.95. The molecule has 1 rings (SSSR count). The number of aliphatic hydroxyl groups excluding tert-OH is 1. The molecule has 0 saturated carbocycles. The highest BCUT2D eigenvalue weighted by Gasteiger charge is 2.18. The molecule has 0 aliphatic carbocycles. The number of hydrogen-bond donors (Lipinski definition) is 1. The van der Waals surface area contributed by atoms with Crippen LogP contribution in [-0.2, 0) is 4.74 Å². The predicted octanol–water partition coefficient (Wildman–Crippen LogP) is 4.62. The zero-order chi connectivity index (χ0) is 12.8. The van der Waals surface area contributed by atoms with E-state index in [1.807, 2.05) is 13.8 Å². The zero-order valence-corrected chi connectivity index (χ0v) is 12.1. The van der Waals surface area contributed by atoms with Gasteiger partial charge in [-0.25, -0.2) is 0 Å². The zero-order valence-electron chi connectivity index (χ0n) is 11.3. The number of rotatable bonds is 6. The van der Waals surface area contributed by atoms with Crippen LogP contribution in [0, 0.1) is 0 Å². The minimum absolute atomic E-state index is 0. The van der Waals surface area contributed by atoms with Crippen LogP contribution >= 0.6 is 11.6 Å². The molecular weight excluding hydrogens is 236 g/mol. The summed E-state index contributed by atoms with van der Waals surface area (Å²) in [4.78, 5) is 0. The molecule has 1 heterocycles. The maximum atomic E-state index is 8.95. The summed E-state index contributed by atoms with van der Waals surface area (Å²) in [6, 6.07) is 0. The molecule has 1 aliphatic heterocycles. The fourth-order valence-corrected chi connectivity index (χ4v) is 1.17. The lowest BCUT2D eigenvalue weighted by Crippen LogP contribution is -2.06. The number of hydrogen-bond acceptors (Lipinski definition) is 2. The minimum Gasteiger partial charge on any atom is -0.392 e. The highest BCUT2D eigenvalue weighted by Crippen LogP contribution is 2.10. The maximum Gasteiger partial charge on any atom is 0.0807 e. The van der Waals surface area contributed by atoms with Crippen molar-refractivity contribution in [2.45, 2.75) is 79.4 Å². The maximum absolute atomic E-state index is 8.95. The van der Waals surface area contributed by atoms with Gasteiger partial charge in [0, 0.05) is 5.88 Å². The van der Waals surface area contributed by atoms with Crippen LogP contribution in [0.25, 0.3) is 0 Å². The van der Waals surface area contributed by atoms with E-state index < -0.39 is 0 Å². The molecular formula is C14H33ClO2. The van der Waals surface area contributed by atoms with Gasteiger partial charge in [-0.1, -0.05) is 54.4 Å². The van der Waals surface area contributed by atoms with Gasteiger partial charge in [0.2, 0.25) is 0 Å². The van der Waals surface area contributed by atoms with E-state index in [2.05, 4.69) is 13.8 Å². The first-order chi connectivity index (χ1) is 7.74. The fraction of sp³-hybridized carbons (Fsp3) is 1.00. The SMILES string of the molecule is C.CC.CCC1CO1.CCCCCC(O)CCl. The molecule has 0 aromatic rings. The van der Waals surface area contributed by atoms with Crippen molar-refractivity contribution < 1.29 is 9.84 Å². The van der Waals surface area contributed by atoms with Gasteiger partial charge >= 0.3 is 0 Å². The normalized spacial score (nSPS) is 17.6. The number of halogens is 1. The first kappa shape index (κ1) is 22.4. The van der Waals surface area contributed by atoms with E-state index in [-0.39, 0.29) is 13.5 Å². The van der Waals surface area contributed by atoms with Gasteiger partial charge in [0.1, 0.15) is 0 Å². The third-order valence-corrected chi connectivity index (χ3v) is 2.53. The molecule has 2 atom stereocenters. The van der Waals surface area contributed by atoms with Gasteiger partial charge in [-0.3, -0.25) is 0 Å². The number of alkyl halides is 1. The molecule has 2 nitrogen and oxygen atoms in total. The smallest absolute Gasteiger partial charge is 0.0807 e. The van der Waals surface area contributed by atoms with Crippen molar-refractivity contribution in [3.05, 3.63) is 0 Å². The minimum atomic E-state index is -0.279. The average molecular weight is 269 g/mol. The third kappa shape index (κ3) is 22.0. The topological polar surface area (TPSA) is 32.8 Å². The van der Waals surface area contributed by atoms with Crippen LogP contribution in [0.1, 0.15) is 67.2 Å². The van der Waals surface area contributed by atoms with Crippen molar-refractivity contribution in [1.29, 1.82) is 0 Å². The summed E-state index contributed by atoms with van der Waals surface area (Å²) in [5.74, 6) is 0.379. The lowest BCUT2D eigenvalue weighted by molar-refractivity contribution is 0.184. The Balaban J connectivity index is -0.000000208. The van der Waals surface area contributed by atoms with Crippen LogP contribution in [-0.4, -0.2) is 29.8 Å². The van der Waals surface area contributed by atoms with E-state index >= 15 is 0 Å². The van der Waals surface area contributed by atoms with Gasteiger partial charge < -0.3 is 9.84 Å². The molecule has 0 aromatic heterocycles. The van der Waals surface area contributed by atoms with E-state index in [1.54, 1.807) is 0 Å². The summed E-state index contributed by atoms with van der Waals surface area (Å²) >= 11 is 5.38. The van der Waals surface area contributed by atoms with Crippen LogP contribution < -0.4 is 0 Å². The van der Waals surface area contributed by atoms with E-state index in [0.717, 1.165) is 19.4 Å². The molecule has 2 unspecified atom stereocenters. The molecule has 0 radical (unpaired) electrons. The first-order valence-electron chi connectivity index (χ1n) is 6.60. The van der Waals surface area contributed by atoms with Crippen LogP contribution in [0.4, 0.5) is 0 Å². The molecule has 17 heavy (non-hydrogen) atoms. The lowest BCUT2D eigenvalue weighted by Gasteiger charge is -2.03. The molecule has 0 bridgehead atoms. The Morgan fingerprint density at radius 3 is 2.06 bits per heavy atom. The molecule has 1 N–H and O–H groups in total. The van der Waals surface area contributed by atoms with Gasteiger partial charge in [0.05, 0.1) is 18.8 Å². The molecule has 3 heteroatoms. The van der Waals surface area contributed by atoms with Crippen LogP contribution in [0.5, 0.6) is 0 Å². The monoisotopic (exact) mass is 268 g/mol. The Labute approximate surface area is 114 Å². The number of ether oxygens (including phenoxy) is 1. The predicted molar refractivity (Wildman–Crippen MR) is 79.0 cm³/mol. The van der Waals surface area contributed by atoms with Crippen molar-refractivity contribution in [2.75, 3.05) is 12.5 Å². The van der Waals surface area contributed by atoms with Crippen molar-refractivity contribution in [2.24, 2.45) is 0 Å². The average Bonchev–Trinajstić information content (AvgIpc) is 3.16. The van der Waals surface area contributed by atoms with Gasteiger partial charge in [-0.2, -0.15) is 0 Å². The number of epoxide rings is 1. The Kier molecular flexibility index (Phi) is 24.5. The van der Waals surface area contributed by atoms with Gasteiger partial charge in [-0.15, -0.1) is 11.6 Å².